The van der Waals surface area contributed by atoms with Crippen molar-refractivity contribution in [3.63, 3.8) is 0 Å². The van der Waals surface area contributed by atoms with Gasteiger partial charge in [-0.15, -0.1) is 0 Å². The van der Waals surface area contributed by atoms with Crippen LogP contribution in [0.15, 0.2) is 36.4 Å². The van der Waals surface area contributed by atoms with Gasteiger partial charge in [-0.05, 0) is 17.7 Å². The number of hydrogen-bond donors (Lipinski definition) is 3. The number of anilines is 1. The molecule has 0 atom stereocenters. The van der Waals surface area contributed by atoms with E-state index in [0.29, 0.717) is 11.1 Å². The quantitative estimate of drug-likeness (QED) is 0.536. The molecule has 2 aromatic rings. The van der Waals surface area contributed by atoms with Gasteiger partial charge in [0.2, 0.25) is 0 Å². The van der Waals surface area contributed by atoms with E-state index in [9.17, 15) is 18.0 Å². The number of carboxylic acid groups (broad SMARTS) is 1. The zero-order valence-corrected chi connectivity index (χ0v) is 19.2. The van der Waals surface area contributed by atoms with Crippen molar-refractivity contribution in [2.24, 2.45) is 0 Å². The summed E-state index contributed by atoms with van der Waals surface area (Å²) in [5.74, 6) is -0.529. The Morgan fingerprint density at radius 1 is 1.29 bits per heavy atom. The van der Waals surface area contributed by atoms with Crippen LogP contribution in [0.2, 0.25) is 0 Å². The third kappa shape index (κ3) is 4.24. The Kier molecular flexibility index (Phi) is 6.10. The van der Waals surface area contributed by atoms with Gasteiger partial charge in [0.15, 0.2) is 5.82 Å². The third-order valence-corrected chi connectivity index (χ3v) is 6.86. The molecule has 2 heterocycles. The van der Waals surface area contributed by atoms with Gasteiger partial charge in [-0.3, -0.25) is 9.62 Å². The van der Waals surface area contributed by atoms with E-state index >= 15 is 4.39 Å². The van der Waals surface area contributed by atoms with Gasteiger partial charge in [-0.2, -0.15) is 8.42 Å². The molecule has 1 fully saturated rings. The number of benzene rings is 2. The van der Waals surface area contributed by atoms with Crippen LogP contribution in [0.5, 0.6) is 5.75 Å². The number of nitrogens with one attached hydrogen (secondary N) is 2. The smallest absolute Gasteiger partial charge is 0.416 e. The number of carbonyl (C=O) groups excluding carboxylic acids is 1. The lowest BCUT2D eigenvalue weighted by Gasteiger charge is -2.51. The number of carbonyl (C=O) groups is 2. The molecule has 2 aromatic carbocycles. The predicted molar refractivity (Wildman–Crippen MR) is 118 cm³/mol. The normalized spacial score (nSPS) is 16.4. The maximum atomic E-state index is 15.1. The fourth-order valence-electron chi connectivity index (χ4n) is 3.91. The molecule has 0 bridgehead atoms. The van der Waals surface area contributed by atoms with Gasteiger partial charge < -0.3 is 19.5 Å². The van der Waals surface area contributed by atoms with Crippen LogP contribution in [0.1, 0.15) is 16.7 Å². The second-order valence-electron chi connectivity index (χ2n) is 8.04. The van der Waals surface area contributed by atoms with Crippen molar-refractivity contribution in [2.75, 3.05) is 32.0 Å². The minimum absolute atomic E-state index is 0.0858. The number of amides is 2. The standard InChI is InChI=1S/C21H23FN4O7S/c1-23-34(30,31)24-16-5-3-4-14(18(16)22)10-26-20(29)33-17-8-13(9-25(2)19(27)28)6-7-15(17)21(26)11-32-12-21/h3-8,23-24H,9-12H2,1-2H3,(H,27,28). The minimum Gasteiger partial charge on any atom is -0.465 e. The summed E-state index contributed by atoms with van der Waals surface area (Å²) in [6.45, 7) is 0.244. The summed E-state index contributed by atoms with van der Waals surface area (Å²) in [4.78, 5) is 26.5. The molecule has 11 nitrogen and oxygen atoms in total. The molecule has 182 valence electrons. The zero-order valence-electron chi connectivity index (χ0n) is 18.4. The van der Waals surface area contributed by atoms with Crippen molar-refractivity contribution in [1.82, 2.24) is 14.5 Å². The number of fused-ring (bicyclic) bond motifs is 2. The molecule has 34 heavy (non-hydrogen) atoms. The van der Waals surface area contributed by atoms with Crippen LogP contribution in [-0.2, 0) is 33.6 Å². The third-order valence-electron chi connectivity index (χ3n) is 5.83. The predicted octanol–water partition coefficient (Wildman–Crippen LogP) is 2.05. The van der Waals surface area contributed by atoms with E-state index in [2.05, 4.69) is 4.72 Å². The van der Waals surface area contributed by atoms with Crippen molar-refractivity contribution in [3.05, 3.63) is 58.9 Å². The number of hydrogen-bond acceptors (Lipinski definition) is 6. The van der Waals surface area contributed by atoms with Gasteiger partial charge in [0.05, 0.1) is 25.4 Å². The number of nitrogens with zero attached hydrogens (tertiary/aromatic N) is 2. The van der Waals surface area contributed by atoms with E-state index in [4.69, 9.17) is 14.6 Å². The monoisotopic (exact) mass is 494 g/mol. The van der Waals surface area contributed by atoms with Crippen LogP contribution < -0.4 is 14.2 Å². The summed E-state index contributed by atoms with van der Waals surface area (Å²) in [6, 6.07) is 9.30. The van der Waals surface area contributed by atoms with Crippen molar-refractivity contribution in [2.45, 2.75) is 18.6 Å². The molecule has 1 spiro atoms. The number of rotatable bonds is 7. The molecular weight excluding hydrogens is 471 g/mol. The first-order valence-corrected chi connectivity index (χ1v) is 11.7. The van der Waals surface area contributed by atoms with E-state index in [1.807, 2.05) is 4.72 Å². The summed E-state index contributed by atoms with van der Waals surface area (Å²) in [5, 5.41) is 9.09. The summed E-state index contributed by atoms with van der Waals surface area (Å²) in [6.07, 6.45) is -1.81. The Hall–Kier alpha value is -3.42. The van der Waals surface area contributed by atoms with Gasteiger partial charge in [0, 0.05) is 31.8 Å². The van der Waals surface area contributed by atoms with Gasteiger partial charge in [-0.1, -0.05) is 24.3 Å². The van der Waals surface area contributed by atoms with Crippen LogP contribution in [-0.4, -0.2) is 62.8 Å². The summed E-state index contributed by atoms with van der Waals surface area (Å²) in [5.41, 5.74) is 0.226. The number of ether oxygens (including phenoxy) is 2. The highest BCUT2D eigenvalue weighted by Crippen LogP contribution is 2.46. The fraction of sp³-hybridized carbons (Fsp3) is 0.333. The van der Waals surface area contributed by atoms with Gasteiger partial charge in [-0.25, -0.2) is 18.7 Å². The first-order valence-electron chi connectivity index (χ1n) is 10.2. The molecule has 1 saturated heterocycles. The molecule has 0 aliphatic carbocycles. The highest BCUT2D eigenvalue weighted by molar-refractivity contribution is 7.90. The second-order valence-corrected chi connectivity index (χ2v) is 9.66. The molecule has 13 heteroatoms. The fourth-order valence-corrected chi connectivity index (χ4v) is 4.46. The SMILES string of the molecule is CNS(=O)(=O)Nc1cccc(CN2C(=O)Oc3cc(CN(C)C(=O)O)ccc3C23COC3)c1F. The lowest BCUT2D eigenvalue weighted by atomic mass is 9.83. The average molecular weight is 495 g/mol. The Morgan fingerprint density at radius 3 is 2.65 bits per heavy atom. The van der Waals surface area contributed by atoms with Gasteiger partial charge >= 0.3 is 12.2 Å². The lowest BCUT2D eigenvalue weighted by molar-refractivity contribution is -0.143. The van der Waals surface area contributed by atoms with E-state index in [0.717, 1.165) is 4.90 Å². The minimum atomic E-state index is -3.94. The van der Waals surface area contributed by atoms with E-state index in [1.165, 1.54) is 37.2 Å². The summed E-state index contributed by atoms with van der Waals surface area (Å²) < 4.78 is 53.8. The van der Waals surface area contributed by atoms with Crippen LogP contribution in [0.4, 0.5) is 19.7 Å². The van der Waals surface area contributed by atoms with E-state index < -0.39 is 33.8 Å². The lowest BCUT2D eigenvalue weighted by Crippen LogP contribution is -2.63. The van der Waals surface area contributed by atoms with Crippen molar-refractivity contribution >= 4 is 28.1 Å². The molecule has 0 unspecified atom stereocenters. The van der Waals surface area contributed by atoms with E-state index in [-0.39, 0.29) is 43.3 Å². The molecular formula is C21H23FN4O7S. The molecule has 2 aliphatic rings. The Balaban J connectivity index is 1.64. The average Bonchev–Trinajstić information content (AvgIpc) is 2.75. The van der Waals surface area contributed by atoms with Crippen LogP contribution in [0, 0.1) is 5.82 Å². The Labute approximate surface area is 195 Å². The van der Waals surface area contributed by atoms with Crippen molar-refractivity contribution in [3.8, 4) is 5.75 Å². The maximum absolute atomic E-state index is 15.1. The largest absolute Gasteiger partial charge is 0.465 e. The van der Waals surface area contributed by atoms with Gasteiger partial charge in [0.1, 0.15) is 11.3 Å². The first kappa shape index (κ1) is 23.7. The molecule has 2 amide bonds. The molecule has 4 rings (SSSR count). The topological polar surface area (TPSA) is 138 Å². The molecule has 0 saturated carbocycles. The second kappa shape index (κ2) is 8.74. The Bertz CT molecular complexity index is 1250. The number of halogens is 1. The van der Waals surface area contributed by atoms with Crippen LogP contribution >= 0.6 is 0 Å². The zero-order chi connectivity index (χ0) is 24.7. The highest BCUT2D eigenvalue weighted by atomic mass is 32.2. The molecule has 2 aliphatic heterocycles. The van der Waals surface area contributed by atoms with Crippen molar-refractivity contribution in [1.29, 1.82) is 0 Å². The summed E-state index contributed by atoms with van der Waals surface area (Å²) >= 11 is 0. The summed E-state index contributed by atoms with van der Waals surface area (Å²) in [7, 11) is -1.32. The van der Waals surface area contributed by atoms with Crippen LogP contribution in [0.25, 0.3) is 0 Å². The molecule has 0 aromatic heterocycles. The van der Waals surface area contributed by atoms with E-state index in [1.54, 1.807) is 18.2 Å². The van der Waals surface area contributed by atoms with Crippen molar-refractivity contribution < 1.29 is 37.0 Å². The maximum Gasteiger partial charge on any atom is 0.416 e. The molecule has 3 N–H and O–H groups in total. The molecule has 0 radical (unpaired) electrons. The highest BCUT2D eigenvalue weighted by Gasteiger charge is 2.53. The van der Waals surface area contributed by atoms with Crippen LogP contribution in [0.3, 0.4) is 0 Å². The Morgan fingerprint density at radius 2 is 2.03 bits per heavy atom. The van der Waals surface area contributed by atoms with Gasteiger partial charge in [0.25, 0.3) is 10.2 Å². The first-order chi connectivity index (χ1) is 16.1.